The molecule has 3 heterocycles. The summed E-state index contributed by atoms with van der Waals surface area (Å²) in [4.78, 5) is 12.3. The minimum absolute atomic E-state index is 0.304. The predicted molar refractivity (Wildman–Crippen MR) is 132 cm³/mol. The molecule has 0 spiro atoms. The van der Waals surface area contributed by atoms with Crippen molar-refractivity contribution < 1.29 is 13.6 Å². The molecule has 0 N–H and O–H groups in total. The van der Waals surface area contributed by atoms with E-state index in [9.17, 15) is 4.79 Å². The van der Waals surface area contributed by atoms with Crippen LogP contribution in [0.1, 0.15) is 16.8 Å². The maximum Gasteiger partial charge on any atom is 0.336 e. The molecule has 0 saturated heterocycles. The fraction of sp³-hybridized carbons (Fsp3) is 0.107. The summed E-state index contributed by atoms with van der Waals surface area (Å²) in [6.45, 7) is 2.67. The van der Waals surface area contributed by atoms with Crippen molar-refractivity contribution in [2.45, 2.75) is 20.1 Å². The van der Waals surface area contributed by atoms with Gasteiger partial charge < -0.3 is 13.6 Å². The fourth-order valence-corrected chi connectivity index (χ4v) is 4.25. The van der Waals surface area contributed by atoms with Crippen LogP contribution in [0.4, 0.5) is 0 Å². The third kappa shape index (κ3) is 4.08. The zero-order valence-corrected chi connectivity index (χ0v) is 19.0. The van der Waals surface area contributed by atoms with Crippen LogP contribution in [0, 0.1) is 6.92 Å². The molecule has 0 unspecified atom stereocenters. The Hall–Kier alpha value is -4.65. The molecule has 7 nitrogen and oxygen atoms in total. The lowest BCUT2D eigenvalue weighted by Crippen LogP contribution is -2.06. The van der Waals surface area contributed by atoms with Crippen LogP contribution in [-0.2, 0) is 13.2 Å². The molecular weight excluding hydrogens is 442 g/mol. The number of furan rings is 1. The SMILES string of the molecule is Cc1ccccc1OCc1cn(Cc2cc(=O)oc3cc4occ(-c5ccccc5)c4cc23)nn1. The predicted octanol–water partition coefficient (Wildman–Crippen LogP) is 5.73. The van der Waals surface area contributed by atoms with Gasteiger partial charge in [-0.25, -0.2) is 9.48 Å². The van der Waals surface area contributed by atoms with Gasteiger partial charge >= 0.3 is 5.63 Å². The van der Waals surface area contributed by atoms with Crippen LogP contribution in [0.25, 0.3) is 33.1 Å². The van der Waals surface area contributed by atoms with Gasteiger partial charge in [-0.2, -0.15) is 0 Å². The normalized spacial score (nSPS) is 11.3. The second kappa shape index (κ2) is 8.61. The smallest absolute Gasteiger partial charge is 0.336 e. The molecule has 0 aliphatic carbocycles. The van der Waals surface area contributed by atoms with E-state index in [2.05, 4.69) is 10.3 Å². The first kappa shape index (κ1) is 20.9. The molecule has 6 aromatic rings. The Morgan fingerprint density at radius 3 is 2.63 bits per heavy atom. The Balaban J connectivity index is 1.33. The second-order valence-electron chi connectivity index (χ2n) is 8.41. The highest BCUT2D eigenvalue weighted by molar-refractivity contribution is 6.02. The van der Waals surface area contributed by atoms with Crippen molar-refractivity contribution in [3.63, 3.8) is 0 Å². The van der Waals surface area contributed by atoms with Gasteiger partial charge in [0.1, 0.15) is 29.2 Å². The summed E-state index contributed by atoms with van der Waals surface area (Å²) in [6.07, 6.45) is 3.55. The van der Waals surface area contributed by atoms with Gasteiger partial charge in [0.25, 0.3) is 0 Å². The zero-order valence-electron chi connectivity index (χ0n) is 19.0. The number of benzene rings is 3. The summed E-state index contributed by atoms with van der Waals surface area (Å²) in [5, 5.41) is 10.2. The van der Waals surface area contributed by atoms with Crippen LogP contribution < -0.4 is 10.4 Å². The topological polar surface area (TPSA) is 83.3 Å². The van der Waals surface area contributed by atoms with Gasteiger partial charge in [0.15, 0.2) is 0 Å². The highest BCUT2D eigenvalue weighted by Gasteiger charge is 2.14. The van der Waals surface area contributed by atoms with Crippen molar-refractivity contribution in [2.75, 3.05) is 0 Å². The summed E-state index contributed by atoms with van der Waals surface area (Å²) in [6, 6.07) is 23.1. The van der Waals surface area contributed by atoms with Gasteiger partial charge in [-0.15, -0.1) is 5.10 Å². The minimum Gasteiger partial charge on any atom is -0.487 e. The number of aryl methyl sites for hydroxylation is 1. The van der Waals surface area contributed by atoms with Crippen molar-refractivity contribution in [3.05, 3.63) is 112 Å². The largest absolute Gasteiger partial charge is 0.487 e. The third-order valence-corrected chi connectivity index (χ3v) is 6.00. The molecule has 7 heteroatoms. The molecule has 0 aliphatic heterocycles. The molecule has 3 aromatic carbocycles. The van der Waals surface area contributed by atoms with E-state index in [-0.39, 0.29) is 0 Å². The van der Waals surface area contributed by atoms with E-state index in [1.54, 1.807) is 17.0 Å². The maximum absolute atomic E-state index is 12.3. The molecule has 0 bridgehead atoms. The lowest BCUT2D eigenvalue weighted by Gasteiger charge is -2.07. The van der Waals surface area contributed by atoms with Gasteiger partial charge in [0, 0.05) is 28.5 Å². The van der Waals surface area contributed by atoms with Crippen LogP contribution in [0.5, 0.6) is 5.75 Å². The molecular formula is C28H21N3O4. The monoisotopic (exact) mass is 463 g/mol. The number of para-hydroxylation sites is 1. The number of hydrogen-bond acceptors (Lipinski definition) is 6. The Morgan fingerprint density at radius 2 is 1.77 bits per heavy atom. The lowest BCUT2D eigenvalue weighted by molar-refractivity contribution is 0.299. The van der Waals surface area contributed by atoms with E-state index >= 15 is 0 Å². The van der Waals surface area contributed by atoms with Crippen molar-refractivity contribution in [2.24, 2.45) is 0 Å². The minimum atomic E-state index is -0.426. The van der Waals surface area contributed by atoms with E-state index in [1.165, 1.54) is 6.07 Å². The summed E-state index contributed by atoms with van der Waals surface area (Å²) >= 11 is 0. The first-order valence-electron chi connectivity index (χ1n) is 11.2. The molecule has 0 atom stereocenters. The summed E-state index contributed by atoms with van der Waals surface area (Å²) in [5.41, 5.74) is 5.28. The molecule has 0 saturated carbocycles. The van der Waals surface area contributed by atoms with Crippen LogP contribution >= 0.6 is 0 Å². The standard InChI is InChI=1S/C28H21N3O4/c1-18-7-5-6-10-25(18)33-16-21-15-31(30-29-21)14-20-11-28(32)35-27-13-26-23(12-22(20)27)24(17-34-26)19-8-3-2-4-9-19/h2-13,15,17H,14,16H2,1H3. The van der Waals surface area contributed by atoms with Crippen LogP contribution in [0.2, 0.25) is 0 Å². The molecule has 3 aromatic heterocycles. The van der Waals surface area contributed by atoms with Crippen molar-refractivity contribution in [1.82, 2.24) is 15.0 Å². The van der Waals surface area contributed by atoms with E-state index in [1.807, 2.05) is 73.8 Å². The van der Waals surface area contributed by atoms with E-state index < -0.39 is 5.63 Å². The number of hydrogen-bond donors (Lipinski definition) is 0. The first-order valence-corrected chi connectivity index (χ1v) is 11.2. The van der Waals surface area contributed by atoms with Crippen molar-refractivity contribution in [1.29, 1.82) is 0 Å². The number of aromatic nitrogens is 3. The average Bonchev–Trinajstić information content (AvgIpc) is 3.49. The first-order chi connectivity index (χ1) is 17.1. The van der Waals surface area contributed by atoms with Gasteiger partial charge in [0.2, 0.25) is 0 Å². The number of fused-ring (bicyclic) bond motifs is 2. The summed E-state index contributed by atoms with van der Waals surface area (Å²) < 4.78 is 18.8. The maximum atomic E-state index is 12.3. The Morgan fingerprint density at radius 1 is 0.943 bits per heavy atom. The molecule has 35 heavy (non-hydrogen) atoms. The average molecular weight is 463 g/mol. The highest BCUT2D eigenvalue weighted by atomic mass is 16.5. The number of rotatable bonds is 6. The Bertz CT molecular complexity index is 1710. The van der Waals surface area contributed by atoms with Crippen molar-refractivity contribution in [3.8, 4) is 16.9 Å². The van der Waals surface area contributed by atoms with Gasteiger partial charge in [-0.3, -0.25) is 0 Å². The second-order valence-corrected chi connectivity index (χ2v) is 8.41. The number of nitrogens with zero attached hydrogens (tertiary/aromatic N) is 3. The van der Waals surface area contributed by atoms with Crippen molar-refractivity contribution >= 4 is 21.9 Å². The van der Waals surface area contributed by atoms with Crippen LogP contribution in [0.15, 0.2) is 98.9 Å². The fourth-order valence-electron chi connectivity index (χ4n) is 4.25. The number of ether oxygens (including phenoxy) is 1. The van der Waals surface area contributed by atoms with Gasteiger partial charge in [-0.1, -0.05) is 53.7 Å². The molecule has 0 aliphatic rings. The Kier molecular flexibility index (Phi) is 5.15. The molecule has 172 valence electrons. The third-order valence-electron chi connectivity index (χ3n) is 6.00. The quantitative estimate of drug-likeness (QED) is 0.293. The Labute approximate surface area is 200 Å². The van der Waals surface area contributed by atoms with Gasteiger partial charge in [0.05, 0.1) is 19.0 Å². The van der Waals surface area contributed by atoms with E-state index in [0.717, 1.165) is 38.8 Å². The molecule has 0 radical (unpaired) electrons. The zero-order chi connectivity index (χ0) is 23.8. The summed E-state index contributed by atoms with van der Waals surface area (Å²) in [7, 11) is 0. The molecule has 0 amide bonds. The van der Waals surface area contributed by atoms with Crippen LogP contribution in [-0.4, -0.2) is 15.0 Å². The van der Waals surface area contributed by atoms with E-state index in [4.69, 9.17) is 13.6 Å². The molecule has 0 fully saturated rings. The highest BCUT2D eigenvalue weighted by Crippen LogP contribution is 2.34. The van der Waals surface area contributed by atoms with Gasteiger partial charge in [-0.05, 0) is 35.7 Å². The molecule has 6 rings (SSSR count). The summed E-state index contributed by atoms with van der Waals surface area (Å²) in [5.74, 6) is 0.812. The van der Waals surface area contributed by atoms with Crippen LogP contribution in [0.3, 0.4) is 0 Å². The lowest BCUT2D eigenvalue weighted by atomic mass is 10.0. The van der Waals surface area contributed by atoms with E-state index in [0.29, 0.717) is 30.0 Å².